The van der Waals surface area contributed by atoms with Crippen LogP contribution in [0.25, 0.3) is 0 Å². The Labute approximate surface area is 160 Å². The average molecular weight is 401 g/mol. The van der Waals surface area contributed by atoms with Crippen molar-refractivity contribution in [3.05, 3.63) is 46.7 Å². The first kappa shape index (κ1) is 19.6. The van der Waals surface area contributed by atoms with Crippen LogP contribution in [0.3, 0.4) is 0 Å². The quantitative estimate of drug-likeness (QED) is 0.375. The van der Waals surface area contributed by atoms with E-state index in [-0.39, 0.29) is 5.75 Å². The number of rotatable bonds is 10. The van der Waals surface area contributed by atoms with Crippen molar-refractivity contribution in [2.24, 2.45) is 5.73 Å². The third kappa shape index (κ3) is 5.95. The number of hydrogen-bond donors (Lipinski definition) is 1. The highest BCUT2D eigenvalue weighted by Crippen LogP contribution is 2.27. The van der Waals surface area contributed by atoms with Gasteiger partial charge in [-0.3, -0.25) is 4.79 Å². The summed E-state index contributed by atoms with van der Waals surface area (Å²) in [6, 6.07) is 5.11. The molecule has 0 aliphatic heterocycles. The summed E-state index contributed by atoms with van der Waals surface area (Å²) in [5, 5.41) is 9.98. The number of aromatic nitrogens is 3. The first-order chi connectivity index (χ1) is 12.0. The number of ether oxygens (including phenoxy) is 1. The van der Waals surface area contributed by atoms with Gasteiger partial charge >= 0.3 is 0 Å². The average Bonchev–Trinajstić information content (AvgIpc) is 2.94. The molecule has 0 aliphatic rings. The second kappa shape index (κ2) is 9.70. The maximum absolute atomic E-state index is 10.9. The predicted octanol–water partition coefficient (Wildman–Crippen LogP) is 3.36. The molecule has 2 rings (SSSR count). The highest BCUT2D eigenvalue weighted by Gasteiger charge is 2.12. The number of carbonyl (C=O) groups excluding carboxylic acids is 1. The molecule has 25 heavy (non-hydrogen) atoms. The number of nitrogens with two attached hydrogens (primary N) is 1. The number of nitrogens with zero attached hydrogens (tertiary/aromatic N) is 3. The fourth-order valence-corrected chi connectivity index (χ4v) is 3.23. The molecule has 0 fully saturated rings. The molecule has 0 aliphatic carbocycles. The Morgan fingerprint density at radius 1 is 1.40 bits per heavy atom. The summed E-state index contributed by atoms with van der Waals surface area (Å²) < 4.78 is 7.58. The summed E-state index contributed by atoms with van der Waals surface area (Å²) in [5.41, 5.74) is 5.17. The van der Waals surface area contributed by atoms with E-state index in [0.29, 0.717) is 40.5 Å². The Hall–Kier alpha value is -1.70. The van der Waals surface area contributed by atoms with Crippen LogP contribution in [0.1, 0.15) is 12.2 Å². The largest absolute Gasteiger partial charge is 0.492 e. The van der Waals surface area contributed by atoms with Gasteiger partial charge in [-0.15, -0.1) is 16.8 Å². The molecule has 1 aromatic heterocycles. The molecule has 0 bridgehead atoms. The maximum Gasteiger partial charge on any atom is 0.227 e. The number of hydrogen-bond acceptors (Lipinski definition) is 5. The van der Waals surface area contributed by atoms with Crippen LogP contribution in [0, 0.1) is 0 Å². The van der Waals surface area contributed by atoms with Crippen LogP contribution < -0.4 is 10.5 Å². The highest BCUT2D eigenvalue weighted by molar-refractivity contribution is 7.99. The normalized spacial score (nSPS) is 10.6. The first-order valence-electron chi connectivity index (χ1n) is 7.53. The highest BCUT2D eigenvalue weighted by atomic mass is 35.5. The lowest BCUT2D eigenvalue weighted by Gasteiger charge is -2.09. The van der Waals surface area contributed by atoms with Gasteiger partial charge in [0.15, 0.2) is 5.16 Å². The molecule has 0 unspecified atom stereocenters. The molecule has 0 spiro atoms. The van der Waals surface area contributed by atoms with Crippen LogP contribution in [0.5, 0.6) is 5.75 Å². The molecule has 0 atom stereocenters. The number of allylic oxidation sites excluding steroid dienone is 1. The number of aryl methyl sites for hydroxylation is 1. The van der Waals surface area contributed by atoms with E-state index in [9.17, 15) is 4.79 Å². The Bertz CT molecular complexity index is 752. The minimum absolute atomic E-state index is 0.160. The van der Waals surface area contributed by atoms with Crippen LogP contribution in [-0.2, 0) is 17.8 Å². The monoisotopic (exact) mass is 400 g/mol. The van der Waals surface area contributed by atoms with Crippen LogP contribution in [-0.4, -0.2) is 33.0 Å². The molecule has 9 heteroatoms. The van der Waals surface area contributed by atoms with Crippen molar-refractivity contribution in [1.29, 1.82) is 0 Å². The Kier molecular flexibility index (Phi) is 7.61. The van der Waals surface area contributed by atoms with E-state index in [2.05, 4.69) is 16.8 Å². The van der Waals surface area contributed by atoms with Crippen LogP contribution in [0.15, 0.2) is 36.0 Å². The molecule has 0 saturated carbocycles. The third-order valence-corrected chi connectivity index (χ3v) is 4.66. The minimum Gasteiger partial charge on any atom is -0.492 e. The number of halogens is 2. The van der Waals surface area contributed by atoms with Gasteiger partial charge in [-0.05, 0) is 24.6 Å². The third-order valence-electron chi connectivity index (χ3n) is 3.14. The summed E-state index contributed by atoms with van der Waals surface area (Å²) in [6.07, 6.45) is 3.16. The second-order valence-corrected chi connectivity index (χ2v) is 6.87. The molecule has 2 aromatic rings. The summed E-state index contributed by atoms with van der Waals surface area (Å²) >= 11 is 13.2. The van der Waals surface area contributed by atoms with Crippen molar-refractivity contribution in [1.82, 2.24) is 14.8 Å². The van der Waals surface area contributed by atoms with E-state index in [0.717, 1.165) is 12.2 Å². The van der Waals surface area contributed by atoms with Gasteiger partial charge in [-0.25, -0.2) is 0 Å². The molecule has 1 aromatic carbocycles. The number of primary amides is 1. The first-order valence-corrected chi connectivity index (χ1v) is 9.27. The van der Waals surface area contributed by atoms with E-state index < -0.39 is 5.91 Å². The van der Waals surface area contributed by atoms with Gasteiger partial charge in [0.2, 0.25) is 5.91 Å². The van der Waals surface area contributed by atoms with E-state index in [1.807, 2.05) is 4.57 Å². The van der Waals surface area contributed by atoms with E-state index in [1.54, 1.807) is 24.3 Å². The topological polar surface area (TPSA) is 83.0 Å². The van der Waals surface area contributed by atoms with E-state index in [4.69, 9.17) is 33.7 Å². The standard InChI is InChI=1S/C16H18Cl2N4O2S/c1-2-7-22-15(20-21-16(22)25-10-14(19)23)4-3-8-24-13-6-5-11(17)9-12(13)18/h2,5-6,9H,1,3-4,7-8,10H2,(H2,19,23). The maximum atomic E-state index is 10.9. The van der Waals surface area contributed by atoms with Gasteiger partial charge in [-0.1, -0.05) is 41.0 Å². The predicted molar refractivity (Wildman–Crippen MR) is 100 cm³/mol. The lowest BCUT2D eigenvalue weighted by molar-refractivity contribution is -0.115. The second-order valence-electron chi connectivity index (χ2n) is 5.08. The Morgan fingerprint density at radius 3 is 2.88 bits per heavy atom. The van der Waals surface area contributed by atoms with Crippen LogP contribution in [0.2, 0.25) is 10.0 Å². The number of carbonyl (C=O) groups is 1. The molecule has 1 heterocycles. The lowest BCUT2D eigenvalue weighted by Crippen LogP contribution is -2.14. The molecule has 0 radical (unpaired) electrons. The molecule has 134 valence electrons. The fourth-order valence-electron chi connectivity index (χ4n) is 2.06. The molecule has 0 saturated heterocycles. The zero-order chi connectivity index (χ0) is 18.2. The fraction of sp³-hybridized carbons (Fsp3) is 0.312. The van der Waals surface area contributed by atoms with Gasteiger partial charge in [0.05, 0.1) is 17.4 Å². The Morgan fingerprint density at radius 2 is 2.20 bits per heavy atom. The van der Waals surface area contributed by atoms with Crippen molar-refractivity contribution in [2.75, 3.05) is 12.4 Å². The van der Waals surface area contributed by atoms with E-state index in [1.165, 1.54) is 11.8 Å². The smallest absolute Gasteiger partial charge is 0.227 e. The van der Waals surface area contributed by atoms with Crippen molar-refractivity contribution in [3.63, 3.8) is 0 Å². The molecule has 2 N–H and O–H groups in total. The zero-order valence-electron chi connectivity index (χ0n) is 13.5. The molecular weight excluding hydrogens is 383 g/mol. The van der Waals surface area contributed by atoms with Crippen molar-refractivity contribution < 1.29 is 9.53 Å². The molecular formula is C16H18Cl2N4O2S. The number of thioether (sulfide) groups is 1. The summed E-state index contributed by atoms with van der Waals surface area (Å²) in [5.74, 6) is 1.16. The van der Waals surface area contributed by atoms with Gasteiger partial charge in [0, 0.05) is 18.0 Å². The summed E-state index contributed by atoms with van der Waals surface area (Å²) in [6.45, 7) is 4.78. The number of amides is 1. The minimum atomic E-state index is -0.395. The van der Waals surface area contributed by atoms with Crippen molar-refractivity contribution in [3.8, 4) is 5.75 Å². The lowest BCUT2D eigenvalue weighted by atomic mass is 10.3. The zero-order valence-corrected chi connectivity index (χ0v) is 15.8. The summed E-state index contributed by atoms with van der Waals surface area (Å²) in [7, 11) is 0. The molecule has 6 nitrogen and oxygen atoms in total. The van der Waals surface area contributed by atoms with Crippen LogP contribution in [0.4, 0.5) is 0 Å². The van der Waals surface area contributed by atoms with Gasteiger partial charge in [-0.2, -0.15) is 0 Å². The van der Waals surface area contributed by atoms with Crippen molar-refractivity contribution in [2.45, 2.75) is 24.5 Å². The Balaban J connectivity index is 1.91. The molecule has 1 amide bonds. The summed E-state index contributed by atoms with van der Waals surface area (Å²) in [4.78, 5) is 10.9. The van der Waals surface area contributed by atoms with Gasteiger partial charge < -0.3 is 15.0 Å². The van der Waals surface area contributed by atoms with E-state index >= 15 is 0 Å². The van der Waals surface area contributed by atoms with Gasteiger partial charge in [0.1, 0.15) is 11.6 Å². The van der Waals surface area contributed by atoms with Gasteiger partial charge in [0.25, 0.3) is 0 Å². The SMILES string of the molecule is C=CCn1c(CCCOc2ccc(Cl)cc2Cl)nnc1SCC(N)=O. The van der Waals surface area contributed by atoms with Crippen LogP contribution >= 0.6 is 35.0 Å². The van der Waals surface area contributed by atoms with Crippen molar-refractivity contribution >= 4 is 40.9 Å². The number of benzene rings is 1.